The van der Waals surface area contributed by atoms with Crippen LogP contribution in [0.1, 0.15) is 18.5 Å². The van der Waals surface area contributed by atoms with Crippen molar-refractivity contribution in [3.05, 3.63) is 16.6 Å². The molecule has 1 aliphatic heterocycles. The lowest BCUT2D eigenvalue weighted by Gasteiger charge is -2.20. The summed E-state index contributed by atoms with van der Waals surface area (Å²) in [4.78, 5) is 6.39. The third-order valence-electron chi connectivity index (χ3n) is 2.53. The standard InChI is InChI=1S/C9H13FN2S/c10-4-9-2-1-3-12(9)5-8-6-13-7-11-8/h6-7,9H,1-5H2. The van der Waals surface area contributed by atoms with Gasteiger partial charge in [0.25, 0.3) is 0 Å². The number of thiazole rings is 1. The SMILES string of the molecule is FCC1CCCN1Cc1cscn1. The Morgan fingerprint density at radius 1 is 1.69 bits per heavy atom. The van der Waals surface area contributed by atoms with Crippen LogP contribution < -0.4 is 0 Å². The molecular formula is C9H13FN2S. The van der Waals surface area contributed by atoms with Crippen molar-refractivity contribution in [2.45, 2.75) is 25.4 Å². The minimum absolute atomic E-state index is 0.140. The normalized spacial score (nSPS) is 23.9. The zero-order valence-corrected chi connectivity index (χ0v) is 8.26. The van der Waals surface area contributed by atoms with E-state index in [2.05, 4.69) is 9.88 Å². The average molecular weight is 200 g/mol. The van der Waals surface area contributed by atoms with Crippen molar-refractivity contribution in [3.8, 4) is 0 Å². The van der Waals surface area contributed by atoms with Gasteiger partial charge in [0.15, 0.2) is 0 Å². The Labute approximate surface area is 81.4 Å². The zero-order chi connectivity index (χ0) is 9.10. The molecule has 13 heavy (non-hydrogen) atoms. The van der Waals surface area contributed by atoms with Crippen LogP contribution in [0.15, 0.2) is 10.9 Å². The summed E-state index contributed by atoms with van der Waals surface area (Å²) < 4.78 is 12.5. The molecule has 1 fully saturated rings. The molecule has 1 aromatic heterocycles. The van der Waals surface area contributed by atoms with Crippen LogP contribution in [-0.2, 0) is 6.54 Å². The Morgan fingerprint density at radius 3 is 3.31 bits per heavy atom. The van der Waals surface area contributed by atoms with Crippen LogP contribution in [0.3, 0.4) is 0 Å². The maximum Gasteiger partial charge on any atom is 0.105 e. The van der Waals surface area contributed by atoms with Gasteiger partial charge in [-0.05, 0) is 19.4 Å². The molecule has 72 valence electrons. The topological polar surface area (TPSA) is 16.1 Å². The van der Waals surface area contributed by atoms with Crippen molar-refractivity contribution in [1.29, 1.82) is 0 Å². The molecule has 4 heteroatoms. The Bertz CT molecular complexity index is 250. The molecule has 0 aromatic carbocycles. The van der Waals surface area contributed by atoms with Gasteiger partial charge >= 0.3 is 0 Å². The molecule has 1 aliphatic rings. The summed E-state index contributed by atoms with van der Waals surface area (Å²) >= 11 is 1.60. The van der Waals surface area contributed by atoms with Gasteiger partial charge in [-0.1, -0.05) is 0 Å². The first kappa shape index (κ1) is 9.09. The van der Waals surface area contributed by atoms with Gasteiger partial charge in [0.05, 0.1) is 11.2 Å². The summed E-state index contributed by atoms with van der Waals surface area (Å²) in [6.07, 6.45) is 2.12. The maximum atomic E-state index is 12.5. The van der Waals surface area contributed by atoms with Crippen molar-refractivity contribution < 1.29 is 4.39 Å². The highest BCUT2D eigenvalue weighted by atomic mass is 32.1. The van der Waals surface area contributed by atoms with Crippen LogP contribution in [-0.4, -0.2) is 29.1 Å². The van der Waals surface area contributed by atoms with Gasteiger partial charge in [0, 0.05) is 18.0 Å². The lowest BCUT2D eigenvalue weighted by atomic mass is 10.2. The minimum atomic E-state index is -0.218. The Kier molecular flexibility index (Phi) is 2.90. The number of nitrogens with zero attached hydrogens (tertiary/aromatic N) is 2. The van der Waals surface area contributed by atoms with Gasteiger partial charge in [-0.2, -0.15) is 0 Å². The summed E-state index contributed by atoms with van der Waals surface area (Å²) in [7, 11) is 0. The van der Waals surface area contributed by atoms with Crippen molar-refractivity contribution in [2.75, 3.05) is 13.2 Å². The van der Waals surface area contributed by atoms with E-state index in [4.69, 9.17) is 0 Å². The molecule has 1 saturated heterocycles. The van der Waals surface area contributed by atoms with E-state index in [0.717, 1.165) is 31.6 Å². The van der Waals surface area contributed by atoms with Gasteiger partial charge in [-0.3, -0.25) is 4.90 Å². The van der Waals surface area contributed by atoms with Gasteiger partial charge in [-0.15, -0.1) is 11.3 Å². The van der Waals surface area contributed by atoms with Crippen LogP contribution in [0, 0.1) is 0 Å². The predicted octanol–water partition coefficient (Wildman–Crippen LogP) is 2.08. The van der Waals surface area contributed by atoms with E-state index in [1.807, 2.05) is 10.9 Å². The smallest absolute Gasteiger partial charge is 0.105 e. The summed E-state index contributed by atoms with van der Waals surface area (Å²) in [5.41, 5.74) is 2.90. The number of likely N-dealkylation sites (tertiary alicyclic amines) is 1. The van der Waals surface area contributed by atoms with Crippen LogP contribution in [0.5, 0.6) is 0 Å². The number of hydrogen-bond donors (Lipinski definition) is 0. The second-order valence-electron chi connectivity index (χ2n) is 3.40. The highest BCUT2D eigenvalue weighted by molar-refractivity contribution is 7.07. The largest absolute Gasteiger partial charge is 0.292 e. The van der Waals surface area contributed by atoms with Crippen LogP contribution in [0.25, 0.3) is 0 Å². The molecule has 0 radical (unpaired) electrons. The van der Waals surface area contributed by atoms with Crippen LogP contribution in [0.4, 0.5) is 4.39 Å². The summed E-state index contributed by atoms with van der Waals surface area (Å²) in [5.74, 6) is 0. The molecule has 2 heterocycles. The highest BCUT2D eigenvalue weighted by Crippen LogP contribution is 2.20. The fourth-order valence-corrected chi connectivity index (χ4v) is 2.35. The van der Waals surface area contributed by atoms with E-state index in [-0.39, 0.29) is 12.7 Å². The molecule has 0 spiro atoms. The summed E-state index contributed by atoms with van der Waals surface area (Å²) in [6, 6.07) is 0.140. The highest BCUT2D eigenvalue weighted by Gasteiger charge is 2.24. The molecule has 2 rings (SSSR count). The predicted molar refractivity (Wildman–Crippen MR) is 51.5 cm³/mol. The van der Waals surface area contributed by atoms with E-state index < -0.39 is 0 Å². The first-order chi connectivity index (χ1) is 6.40. The molecule has 1 atom stereocenters. The molecule has 1 unspecified atom stereocenters. The lowest BCUT2D eigenvalue weighted by molar-refractivity contribution is 0.205. The van der Waals surface area contributed by atoms with Crippen molar-refractivity contribution in [1.82, 2.24) is 9.88 Å². The lowest BCUT2D eigenvalue weighted by Crippen LogP contribution is -2.30. The molecule has 0 N–H and O–H groups in total. The molecule has 1 aromatic rings. The first-order valence-electron chi connectivity index (χ1n) is 4.57. The molecule has 0 saturated carbocycles. The van der Waals surface area contributed by atoms with Gasteiger partial charge in [-0.25, -0.2) is 9.37 Å². The molecular weight excluding hydrogens is 187 g/mol. The van der Waals surface area contributed by atoms with E-state index in [9.17, 15) is 4.39 Å². The van der Waals surface area contributed by atoms with Crippen LogP contribution >= 0.6 is 11.3 Å². The maximum absolute atomic E-state index is 12.5. The van der Waals surface area contributed by atoms with E-state index in [1.165, 1.54) is 0 Å². The number of alkyl halides is 1. The van der Waals surface area contributed by atoms with E-state index in [0.29, 0.717) is 0 Å². The third-order valence-corrected chi connectivity index (χ3v) is 3.16. The van der Waals surface area contributed by atoms with Crippen molar-refractivity contribution >= 4 is 11.3 Å². The Morgan fingerprint density at radius 2 is 2.62 bits per heavy atom. The van der Waals surface area contributed by atoms with Crippen LogP contribution in [0.2, 0.25) is 0 Å². The Balaban J connectivity index is 1.94. The molecule has 0 amide bonds. The van der Waals surface area contributed by atoms with E-state index in [1.54, 1.807) is 11.3 Å². The van der Waals surface area contributed by atoms with Crippen molar-refractivity contribution in [2.24, 2.45) is 0 Å². The zero-order valence-electron chi connectivity index (χ0n) is 7.45. The first-order valence-corrected chi connectivity index (χ1v) is 5.51. The fraction of sp³-hybridized carbons (Fsp3) is 0.667. The van der Waals surface area contributed by atoms with Crippen molar-refractivity contribution in [3.63, 3.8) is 0 Å². The summed E-state index contributed by atoms with van der Waals surface area (Å²) in [5, 5.41) is 2.04. The second kappa shape index (κ2) is 4.15. The average Bonchev–Trinajstić information content (AvgIpc) is 2.76. The van der Waals surface area contributed by atoms with Gasteiger partial charge in [0.1, 0.15) is 6.67 Å². The Hall–Kier alpha value is -0.480. The van der Waals surface area contributed by atoms with Gasteiger partial charge in [0.2, 0.25) is 0 Å². The monoisotopic (exact) mass is 200 g/mol. The number of rotatable bonds is 3. The minimum Gasteiger partial charge on any atom is -0.292 e. The second-order valence-corrected chi connectivity index (χ2v) is 4.12. The number of hydrogen-bond acceptors (Lipinski definition) is 3. The third kappa shape index (κ3) is 2.06. The number of aromatic nitrogens is 1. The van der Waals surface area contributed by atoms with E-state index >= 15 is 0 Å². The molecule has 0 bridgehead atoms. The number of halogens is 1. The quantitative estimate of drug-likeness (QED) is 0.742. The van der Waals surface area contributed by atoms with Gasteiger partial charge < -0.3 is 0 Å². The fourth-order valence-electron chi connectivity index (χ4n) is 1.80. The molecule has 0 aliphatic carbocycles. The molecule has 2 nitrogen and oxygen atoms in total. The summed E-state index contributed by atoms with van der Waals surface area (Å²) in [6.45, 7) is 1.62.